The van der Waals surface area contributed by atoms with Crippen LogP contribution in [-0.4, -0.2) is 97.5 Å². The van der Waals surface area contributed by atoms with Crippen LogP contribution >= 0.6 is 0 Å². The maximum Gasteiger partial charge on any atom is 0.407 e. The number of carbonyl (C=O) groups excluding carboxylic acids is 2. The van der Waals surface area contributed by atoms with Gasteiger partial charge in [0.15, 0.2) is 6.23 Å². The molecule has 5 N–H and O–H groups in total. The van der Waals surface area contributed by atoms with Crippen LogP contribution in [0.3, 0.4) is 0 Å². The van der Waals surface area contributed by atoms with Crippen LogP contribution in [-0.2, 0) is 9.53 Å². The van der Waals surface area contributed by atoms with Crippen LogP contribution < -0.4 is 15.8 Å². The van der Waals surface area contributed by atoms with Crippen LogP contribution in [0.2, 0.25) is 0 Å². The molecule has 59 heavy (non-hydrogen) atoms. The van der Waals surface area contributed by atoms with Crippen LogP contribution in [0.5, 0.6) is 5.75 Å². The summed E-state index contributed by atoms with van der Waals surface area (Å²) in [7, 11) is 1.22. The van der Waals surface area contributed by atoms with Crippen molar-refractivity contribution in [3.8, 4) is 39.5 Å². The van der Waals surface area contributed by atoms with Gasteiger partial charge in [-0.25, -0.2) is 27.9 Å². The number of alkyl carbamates (subject to hydrolysis) is 1. The van der Waals surface area contributed by atoms with Crippen molar-refractivity contribution in [3.05, 3.63) is 66.3 Å². The molecule has 7 unspecified atom stereocenters. The Morgan fingerprint density at radius 3 is 2.31 bits per heavy atom. The van der Waals surface area contributed by atoms with E-state index in [1.54, 1.807) is 26.2 Å². The van der Waals surface area contributed by atoms with Gasteiger partial charge in [0.25, 0.3) is 0 Å². The number of hydrogen-bond donors (Lipinski definition) is 4. The van der Waals surface area contributed by atoms with Crippen LogP contribution in [0.25, 0.3) is 44.7 Å². The lowest BCUT2D eigenvalue weighted by Gasteiger charge is -2.30. The van der Waals surface area contributed by atoms with Crippen LogP contribution in [0.1, 0.15) is 83.8 Å². The summed E-state index contributed by atoms with van der Waals surface area (Å²) in [5.74, 6) is 0.586. The monoisotopic (exact) mass is 815 g/mol. The highest BCUT2D eigenvalue weighted by Gasteiger charge is 2.42. The number of imidazole rings is 2. The Kier molecular flexibility index (Phi) is 11.0. The molecule has 2 aromatic carbocycles. The summed E-state index contributed by atoms with van der Waals surface area (Å²) in [6.07, 6.45) is 0.903. The number of alkyl halides is 2. The average molecular weight is 816 g/mol. The van der Waals surface area contributed by atoms with E-state index in [4.69, 9.17) is 15.2 Å². The second-order valence-electron chi connectivity index (χ2n) is 16.8. The van der Waals surface area contributed by atoms with E-state index < -0.39 is 48.5 Å². The molecule has 0 saturated carbocycles. The Morgan fingerprint density at radius 1 is 0.949 bits per heavy atom. The Bertz CT molecular complexity index is 2360. The normalized spacial score (nSPS) is 22.8. The number of nitrogens with one attached hydrogen (secondary N) is 3. The maximum atomic E-state index is 16.4. The molecule has 314 valence electrons. The van der Waals surface area contributed by atoms with Gasteiger partial charge in [0.2, 0.25) is 5.91 Å². The van der Waals surface area contributed by atoms with E-state index in [1.165, 1.54) is 18.1 Å². The molecule has 3 aliphatic heterocycles. The van der Waals surface area contributed by atoms with Gasteiger partial charge >= 0.3 is 6.09 Å². The van der Waals surface area contributed by atoms with Crippen molar-refractivity contribution in [1.29, 1.82) is 0 Å². The minimum atomic E-state index is -1.26. The lowest BCUT2D eigenvalue weighted by molar-refractivity contribution is -0.135. The minimum Gasteiger partial charge on any atom is -0.469 e. The Hall–Kier alpha value is -5.35. The van der Waals surface area contributed by atoms with Gasteiger partial charge in [-0.15, -0.1) is 0 Å². The summed E-state index contributed by atoms with van der Waals surface area (Å²) in [6, 6.07) is 9.20. The van der Waals surface area contributed by atoms with E-state index in [-0.39, 0.29) is 36.9 Å². The van der Waals surface area contributed by atoms with Gasteiger partial charge in [-0.1, -0.05) is 40.7 Å². The van der Waals surface area contributed by atoms with E-state index in [0.717, 1.165) is 16.5 Å². The number of likely N-dealkylation sites (tertiary alicyclic amines) is 2. The van der Waals surface area contributed by atoms with Crippen LogP contribution in [0.4, 0.5) is 18.0 Å². The number of aromatic nitrogens is 5. The zero-order valence-corrected chi connectivity index (χ0v) is 34.1. The Morgan fingerprint density at radius 2 is 1.63 bits per heavy atom. The number of benzene rings is 2. The van der Waals surface area contributed by atoms with Gasteiger partial charge < -0.3 is 40.0 Å². The highest BCUT2D eigenvalue weighted by atomic mass is 19.1. The molecule has 3 aliphatic rings. The summed E-state index contributed by atoms with van der Waals surface area (Å²) >= 11 is 0. The predicted octanol–water partition coefficient (Wildman–Crippen LogP) is 7.59. The lowest BCUT2D eigenvalue weighted by Crippen LogP contribution is -2.51. The van der Waals surface area contributed by atoms with Crippen molar-refractivity contribution < 1.29 is 32.2 Å². The number of carbonyl (C=O) groups is 2. The van der Waals surface area contributed by atoms with Crippen molar-refractivity contribution in [2.24, 2.45) is 17.6 Å². The van der Waals surface area contributed by atoms with E-state index in [0.29, 0.717) is 71.5 Å². The smallest absolute Gasteiger partial charge is 0.407 e. The van der Waals surface area contributed by atoms with Crippen molar-refractivity contribution in [1.82, 2.24) is 39.6 Å². The van der Waals surface area contributed by atoms with Crippen molar-refractivity contribution in [2.75, 3.05) is 26.7 Å². The zero-order valence-electron chi connectivity index (χ0n) is 34.1. The fourth-order valence-electron chi connectivity index (χ4n) is 8.74. The predicted molar refractivity (Wildman–Crippen MR) is 217 cm³/mol. The third-order valence-corrected chi connectivity index (χ3v) is 12.1. The van der Waals surface area contributed by atoms with Gasteiger partial charge in [-0.3, -0.25) is 9.69 Å². The van der Waals surface area contributed by atoms with E-state index in [2.05, 4.69) is 39.1 Å². The highest BCUT2D eigenvalue weighted by molar-refractivity contribution is 5.92. The number of H-pyrrole nitrogens is 2. The second kappa shape index (κ2) is 16.0. The minimum absolute atomic E-state index is 0.0614. The molecule has 0 radical (unpaired) electrons. The largest absolute Gasteiger partial charge is 0.469 e. The number of hydrogen-bond acceptors (Lipinski definition) is 8. The summed E-state index contributed by atoms with van der Waals surface area (Å²) in [5.41, 5.74) is 10.9. The summed E-state index contributed by atoms with van der Waals surface area (Å²) < 4.78 is 59.2. The van der Waals surface area contributed by atoms with Crippen molar-refractivity contribution in [2.45, 2.75) is 96.6 Å². The lowest BCUT2D eigenvalue weighted by atomic mass is 10.0. The van der Waals surface area contributed by atoms with Crippen molar-refractivity contribution in [3.63, 3.8) is 0 Å². The number of ether oxygens (including phenoxy) is 2. The maximum absolute atomic E-state index is 16.4. The first kappa shape index (κ1) is 40.4. The molecule has 0 spiro atoms. The van der Waals surface area contributed by atoms with Gasteiger partial charge in [-0.2, -0.15) is 0 Å². The van der Waals surface area contributed by atoms with E-state index in [1.807, 2.05) is 46.7 Å². The van der Waals surface area contributed by atoms with Crippen LogP contribution in [0, 0.1) is 17.7 Å². The SMILES string of the molecule is CCC1Oc2cc(-c3cnc(C4CC(F)CN4CC(N)C(C)C)[nH]3)cc(F)c2-c2cc3cc(-c4cnc(C5CC(F)CN5C(=O)C(NC(=O)OC)C(C)C)[nH]4)ccc3n21. The number of fused-ring (bicyclic) bond motifs is 5. The molecule has 2 saturated heterocycles. The topological polar surface area (TPSA) is 159 Å². The van der Waals surface area contributed by atoms with Gasteiger partial charge in [0.05, 0.1) is 66.3 Å². The molecule has 8 rings (SSSR count). The Labute approximate surface area is 340 Å². The number of nitrogens with two attached hydrogens (primary N) is 1. The standard InChI is InChI=1S/C43H52F3N9O4/c1-7-37-55-32-9-8-23(30-16-49-41(50-30)35-15-27(45)19-54(35)42(56)39(22(4)5)52-43(57)58-6)10-25(32)12-33(55)38-28(46)11-24(13-36(38)59-37)31-17-48-40(51-31)34-14-26(44)18-53(34)20-29(47)21(2)3/h8-13,16-17,21-22,26-27,29,34-35,37,39H,7,14-15,18-20,47H2,1-6H3,(H,48,51)(H,49,50)(H,52,57). The van der Waals surface area contributed by atoms with Crippen LogP contribution in [0.15, 0.2) is 48.8 Å². The molecule has 3 aromatic heterocycles. The molecule has 0 aliphatic carbocycles. The Balaban J connectivity index is 1.07. The zero-order chi connectivity index (χ0) is 41.9. The first-order valence-corrected chi connectivity index (χ1v) is 20.4. The first-order chi connectivity index (χ1) is 28.2. The molecular formula is C43H52F3N9O4. The third kappa shape index (κ3) is 7.56. The quantitative estimate of drug-likeness (QED) is 0.106. The van der Waals surface area contributed by atoms with E-state index >= 15 is 4.39 Å². The number of rotatable bonds is 11. The molecule has 2 fully saturated rings. The molecule has 5 aromatic rings. The number of halogens is 3. The molecule has 6 heterocycles. The molecule has 7 atom stereocenters. The first-order valence-electron chi connectivity index (χ1n) is 20.4. The number of nitrogens with zero attached hydrogens (tertiary/aromatic N) is 5. The van der Waals surface area contributed by atoms with Crippen molar-refractivity contribution >= 4 is 22.9 Å². The van der Waals surface area contributed by atoms with Gasteiger partial charge in [0.1, 0.15) is 41.6 Å². The van der Waals surface area contributed by atoms with Gasteiger partial charge in [0, 0.05) is 54.9 Å². The molecule has 0 bridgehead atoms. The molecule has 2 amide bonds. The van der Waals surface area contributed by atoms with Gasteiger partial charge in [-0.05, 0) is 42.2 Å². The highest BCUT2D eigenvalue weighted by Crippen LogP contribution is 2.47. The van der Waals surface area contributed by atoms with E-state index in [9.17, 15) is 18.4 Å². The summed E-state index contributed by atoms with van der Waals surface area (Å²) in [6.45, 7) is 10.4. The molecule has 16 heteroatoms. The third-order valence-electron chi connectivity index (χ3n) is 12.1. The molecular weight excluding hydrogens is 764 g/mol. The second-order valence-corrected chi connectivity index (χ2v) is 16.8. The fraction of sp³-hybridized carbons (Fsp3) is 0.488. The average Bonchev–Trinajstić information content (AvgIpc) is 4.05. The number of aromatic amines is 2. The molecule has 13 nitrogen and oxygen atoms in total. The number of amides is 2. The summed E-state index contributed by atoms with van der Waals surface area (Å²) in [5, 5.41) is 3.44. The summed E-state index contributed by atoms with van der Waals surface area (Å²) in [4.78, 5) is 45.0. The fourth-order valence-corrected chi connectivity index (χ4v) is 8.74. The number of methoxy groups -OCH3 is 1.